The quantitative estimate of drug-likeness (QED) is 0.644. The van der Waals surface area contributed by atoms with Crippen LogP contribution in [0.15, 0.2) is 9.95 Å². The fraction of sp³-hybridized carbons (Fsp3) is 0.600. The van der Waals surface area contributed by atoms with Crippen molar-refractivity contribution in [1.29, 1.82) is 0 Å². The number of hydrogen-bond donors (Lipinski definition) is 0. The summed E-state index contributed by atoms with van der Waals surface area (Å²) >= 11 is 3.26. The zero-order valence-corrected chi connectivity index (χ0v) is 13.7. The van der Waals surface area contributed by atoms with E-state index in [1.54, 1.807) is 23.1 Å². The molecule has 0 amide bonds. The van der Waals surface area contributed by atoms with Gasteiger partial charge in [0.05, 0.1) is 18.0 Å². The van der Waals surface area contributed by atoms with Crippen LogP contribution in [0.3, 0.4) is 0 Å². The minimum atomic E-state index is 0.138. The van der Waals surface area contributed by atoms with Crippen molar-refractivity contribution in [1.82, 2.24) is 9.55 Å². The van der Waals surface area contributed by atoms with Gasteiger partial charge in [-0.3, -0.25) is 9.36 Å². The maximum atomic E-state index is 13.0. The molecule has 1 atom stereocenters. The van der Waals surface area contributed by atoms with Crippen LogP contribution in [-0.2, 0) is 24.1 Å². The number of rotatable bonds is 3. The van der Waals surface area contributed by atoms with E-state index in [0.717, 1.165) is 47.7 Å². The first kappa shape index (κ1) is 13.8. The molecule has 0 N–H and O–H groups in total. The lowest BCUT2D eigenvalue weighted by molar-refractivity contribution is 0.0937. The predicted octanol–water partition coefficient (Wildman–Crippen LogP) is 2.85. The molecule has 2 aromatic rings. The van der Waals surface area contributed by atoms with Crippen molar-refractivity contribution < 1.29 is 4.74 Å². The molecule has 4 nitrogen and oxygen atoms in total. The van der Waals surface area contributed by atoms with Gasteiger partial charge in [0.15, 0.2) is 5.16 Å². The van der Waals surface area contributed by atoms with Crippen molar-refractivity contribution in [2.45, 2.75) is 49.9 Å². The number of thiophene rings is 1. The third-order valence-electron chi connectivity index (χ3n) is 4.38. The topological polar surface area (TPSA) is 44.1 Å². The first-order chi connectivity index (χ1) is 10.3. The Labute approximate surface area is 131 Å². The lowest BCUT2D eigenvalue weighted by Crippen LogP contribution is -2.28. The van der Waals surface area contributed by atoms with Crippen LogP contribution in [0, 0.1) is 0 Å². The van der Waals surface area contributed by atoms with E-state index in [0.29, 0.717) is 6.54 Å². The molecule has 1 aliphatic heterocycles. The molecule has 0 spiro atoms. The normalized spacial score (nSPS) is 21.3. The fourth-order valence-electron chi connectivity index (χ4n) is 3.37. The molecule has 0 aromatic carbocycles. The van der Waals surface area contributed by atoms with Crippen LogP contribution in [0.2, 0.25) is 0 Å². The SMILES string of the molecule is CSc1nc2sc3c(c2c(=O)n1C[C@@H]1CCCO1)CCC3. The first-order valence-electron chi connectivity index (χ1n) is 7.48. The van der Waals surface area contributed by atoms with Gasteiger partial charge in [-0.05, 0) is 43.9 Å². The van der Waals surface area contributed by atoms with Gasteiger partial charge >= 0.3 is 0 Å². The summed E-state index contributed by atoms with van der Waals surface area (Å²) in [4.78, 5) is 20.0. The summed E-state index contributed by atoms with van der Waals surface area (Å²) in [6.45, 7) is 1.46. The molecule has 4 rings (SSSR count). The Hall–Kier alpha value is -0.850. The largest absolute Gasteiger partial charge is 0.376 e. The Morgan fingerprint density at radius 3 is 3.10 bits per heavy atom. The maximum Gasteiger partial charge on any atom is 0.263 e. The van der Waals surface area contributed by atoms with Crippen LogP contribution in [0.5, 0.6) is 0 Å². The highest BCUT2D eigenvalue weighted by Crippen LogP contribution is 2.35. The molecule has 112 valence electrons. The van der Waals surface area contributed by atoms with Gasteiger partial charge in [-0.2, -0.15) is 0 Å². The highest BCUT2D eigenvalue weighted by Gasteiger charge is 2.25. The van der Waals surface area contributed by atoms with Crippen molar-refractivity contribution in [3.63, 3.8) is 0 Å². The molecular weight excluding hydrogens is 304 g/mol. The van der Waals surface area contributed by atoms with Gasteiger partial charge < -0.3 is 4.74 Å². The summed E-state index contributed by atoms with van der Waals surface area (Å²) in [5, 5.41) is 1.70. The molecule has 0 bridgehead atoms. The highest BCUT2D eigenvalue weighted by molar-refractivity contribution is 7.98. The minimum Gasteiger partial charge on any atom is -0.376 e. The van der Waals surface area contributed by atoms with Crippen LogP contribution in [0.1, 0.15) is 29.7 Å². The second kappa shape index (κ2) is 5.41. The van der Waals surface area contributed by atoms with E-state index in [1.807, 2.05) is 10.8 Å². The molecular formula is C15H18N2O2S2. The Kier molecular flexibility index (Phi) is 3.55. The van der Waals surface area contributed by atoms with Gasteiger partial charge in [0.25, 0.3) is 5.56 Å². The van der Waals surface area contributed by atoms with Crippen molar-refractivity contribution >= 4 is 33.3 Å². The summed E-state index contributed by atoms with van der Waals surface area (Å²) in [5.74, 6) is 0. The van der Waals surface area contributed by atoms with Crippen molar-refractivity contribution in [3.8, 4) is 0 Å². The van der Waals surface area contributed by atoms with Crippen LogP contribution in [-0.4, -0.2) is 28.5 Å². The molecule has 3 heterocycles. The summed E-state index contributed by atoms with van der Waals surface area (Å²) in [7, 11) is 0. The van der Waals surface area contributed by atoms with E-state index in [-0.39, 0.29) is 11.7 Å². The van der Waals surface area contributed by atoms with Crippen LogP contribution in [0.4, 0.5) is 0 Å². The van der Waals surface area contributed by atoms with Crippen LogP contribution < -0.4 is 5.56 Å². The Morgan fingerprint density at radius 2 is 2.33 bits per heavy atom. The molecule has 1 aliphatic carbocycles. The van der Waals surface area contributed by atoms with Crippen LogP contribution >= 0.6 is 23.1 Å². The lowest BCUT2D eigenvalue weighted by Gasteiger charge is -2.15. The van der Waals surface area contributed by atoms with E-state index in [1.165, 1.54) is 16.9 Å². The molecule has 0 unspecified atom stereocenters. The smallest absolute Gasteiger partial charge is 0.263 e. The van der Waals surface area contributed by atoms with Crippen molar-refractivity contribution in [3.05, 3.63) is 20.8 Å². The van der Waals surface area contributed by atoms with E-state index >= 15 is 0 Å². The number of aromatic nitrogens is 2. The average molecular weight is 322 g/mol. The number of hydrogen-bond acceptors (Lipinski definition) is 5. The summed E-state index contributed by atoms with van der Waals surface area (Å²) < 4.78 is 7.54. The summed E-state index contributed by atoms with van der Waals surface area (Å²) in [6, 6.07) is 0. The van der Waals surface area contributed by atoms with E-state index in [9.17, 15) is 4.79 Å². The van der Waals surface area contributed by atoms with E-state index < -0.39 is 0 Å². The Morgan fingerprint density at radius 1 is 1.43 bits per heavy atom. The first-order valence-corrected chi connectivity index (χ1v) is 9.52. The zero-order valence-electron chi connectivity index (χ0n) is 12.1. The second-order valence-corrected chi connectivity index (χ2v) is 7.54. The molecule has 2 aromatic heterocycles. The average Bonchev–Trinajstić information content (AvgIpc) is 3.17. The lowest BCUT2D eigenvalue weighted by atomic mass is 10.2. The van der Waals surface area contributed by atoms with Gasteiger partial charge in [-0.15, -0.1) is 11.3 Å². The summed E-state index contributed by atoms with van der Waals surface area (Å²) in [5.41, 5.74) is 1.40. The van der Waals surface area contributed by atoms with E-state index in [4.69, 9.17) is 9.72 Å². The molecule has 0 radical (unpaired) electrons. The van der Waals surface area contributed by atoms with Gasteiger partial charge in [-0.25, -0.2) is 4.98 Å². The molecule has 6 heteroatoms. The number of thioether (sulfide) groups is 1. The number of nitrogens with zero attached hydrogens (tertiary/aromatic N) is 2. The molecule has 2 aliphatic rings. The Balaban J connectivity index is 1.87. The third kappa shape index (κ3) is 2.24. The zero-order chi connectivity index (χ0) is 14.4. The Bertz CT molecular complexity index is 744. The summed E-state index contributed by atoms with van der Waals surface area (Å²) in [6.07, 6.45) is 7.60. The third-order valence-corrected chi connectivity index (χ3v) is 6.25. The minimum absolute atomic E-state index is 0.138. The standard InChI is InChI=1S/C15H18N2O2S2/c1-20-15-16-13-12(10-5-2-6-11(10)21-13)14(18)17(15)8-9-4-3-7-19-9/h9H,2-8H2,1H3/t9-/m0/s1. The number of ether oxygens (including phenoxy) is 1. The fourth-order valence-corrected chi connectivity index (χ4v) is 5.24. The molecule has 0 saturated carbocycles. The van der Waals surface area contributed by atoms with E-state index in [2.05, 4.69) is 0 Å². The van der Waals surface area contributed by atoms with Gasteiger partial charge in [0.1, 0.15) is 4.83 Å². The second-order valence-electron chi connectivity index (χ2n) is 5.69. The molecule has 21 heavy (non-hydrogen) atoms. The maximum absolute atomic E-state index is 13.0. The van der Waals surface area contributed by atoms with Gasteiger partial charge in [0, 0.05) is 11.5 Å². The van der Waals surface area contributed by atoms with Crippen molar-refractivity contribution in [2.24, 2.45) is 0 Å². The molecule has 1 saturated heterocycles. The predicted molar refractivity (Wildman–Crippen MR) is 86.7 cm³/mol. The van der Waals surface area contributed by atoms with Gasteiger partial charge in [-0.1, -0.05) is 11.8 Å². The van der Waals surface area contributed by atoms with Crippen molar-refractivity contribution in [2.75, 3.05) is 12.9 Å². The molecule has 1 fully saturated rings. The number of fused-ring (bicyclic) bond motifs is 3. The highest BCUT2D eigenvalue weighted by atomic mass is 32.2. The number of aryl methyl sites for hydroxylation is 2. The van der Waals surface area contributed by atoms with Crippen LogP contribution in [0.25, 0.3) is 10.2 Å². The van der Waals surface area contributed by atoms with Gasteiger partial charge in [0.2, 0.25) is 0 Å². The monoisotopic (exact) mass is 322 g/mol.